The normalized spacial score (nSPS) is 20.7. The molecule has 0 saturated carbocycles. The predicted octanol–water partition coefficient (Wildman–Crippen LogP) is 2.99. The lowest BCUT2D eigenvalue weighted by atomic mass is 9.90. The maximum Gasteiger partial charge on any atom is 0.111 e. The number of piperidine rings is 1. The molecule has 1 saturated heterocycles. The fraction of sp³-hybridized carbons (Fsp3) is 0.750. The van der Waals surface area contributed by atoms with E-state index in [0.29, 0.717) is 0 Å². The molecule has 1 unspecified atom stereocenters. The summed E-state index contributed by atoms with van der Waals surface area (Å²) in [5.74, 6) is 2.07. The molecule has 0 amide bonds. The Kier molecular flexibility index (Phi) is 5.06. The van der Waals surface area contributed by atoms with Crippen molar-refractivity contribution >= 4 is 0 Å². The molecule has 2 rings (SSSR count). The van der Waals surface area contributed by atoms with Crippen LogP contribution >= 0.6 is 0 Å². The van der Waals surface area contributed by atoms with Crippen molar-refractivity contribution in [2.24, 2.45) is 0 Å². The second kappa shape index (κ2) is 6.58. The largest absolute Gasteiger partial charge is 0.466 e. The van der Waals surface area contributed by atoms with Crippen LogP contribution in [0.2, 0.25) is 0 Å². The zero-order valence-electron chi connectivity index (χ0n) is 12.6. The van der Waals surface area contributed by atoms with E-state index in [-0.39, 0.29) is 5.41 Å². The van der Waals surface area contributed by atoms with Crippen molar-refractivity contribution in [2.75, 3.05) is 19.6 Å². The third-order valence-electron chi connectivity index (χ3n) is 4.06. The Bertz CT molecular complexity index is 378. The van der Waals surface area contributed by atoms with Gasteiger partial charge < -0.3 is 15.1 Å². The Hall–Kier alpha value is -0.800. The van der Waals surface area contributed by atoms with E-state index in [1.807, 2.05) is 13.0 Å². The number of rotatable bonds is 6. The molecule has 2 heterocycles. The molecule has 1 fully saturated rings. The molecule has 108 valence electrons. The van der Waals surface area contributed by atoms with Crippen molar-refractivity contribution in [3.63, 3.8) is 0 Å². The van der Waals surface area contributed by atoms with Gasteiger partial charge in [-0.1, -0.05) is 20.3 Å². The predicted molar refractivity (Wildman–Crippen MR) is 79.6 cm³/mol. The lowest BCUT2D eigenvalue weighted by Crippen LogP contribution is -2.38. The zero-order chi connectivity index (χ0) is 13.7. The van der Waals surface area contributed by atoms with Crippen molar-refractivity contribution in [1.29, 1.82) is 0 Å². The molecule has 1 aliphatic heterocycles. The van der Waals surface area contributed by atoms with Gasteiger partial charge in [0.25, 0.3) is 0 Å². The highest BCUT2D eigenvalue weighted by atomic mass is 16.3. The van der Waals surface area contributed by atoms with Crippen LogP contribution in [0.1, 0.15) is 51.1 Å². The molecule has 0 radical (unpaired) electrons. The fourth-order valence-corrected chi connectivity index (χ4v) is 2.73. The highest BCUT2D eigenvalue weighted by Crippen LogP contribution is 2.24. The SMILES string of the molecule is Cc1ccc(C(C)(C)CNCCC2CCCCN2)o1. The Morgan fingerprint density at radius 3 is 2.84 bits per heavy atom. The van der Waals surface area contributed by atoms with Crippen molar-refractivity contribution in [3.05, 3.63) is 23.7 Å². The smallest absolute Gasteiger partial charge is 0.111 e. The second-order valence-electron chi connectivity index (χ2n) is 6.41. The minimum atomic E-state index is 0.0637. The average Bonchev–Trinajstić information content (AvgIpc) is 2.84. The maximum atomic E-state index is 5.74. The second-order valence-corrected chi connectivity index (χ2v) is 6.41. The number of nitrogens with one attached hydrogen (secondary N) is 2. The summed E-state index contributed by atoms with van der Waals surface area (Å²) >= 11 is 0. The van der Waals surface area contributed by atoms with Crippen molar-refractivity contribution < 1.29 is 4.42 Å². The number of aryl methyl sites for hydroxylation is 1. The van der Waals surface area contributed by atoms with Gasteiger partial charge in [-0.2, -0.15) is 0 Å². The summed E-state index contributed by atoms with van der Waals surface area (Å²) in [5, 5.41) is 7.17. The molecule has 0 spiro atoms. The molecule has 1 aromatic rings. The van der Waals surface area contributed by atoms with Crippen LogP contribution in [0.4, 0.5) is 0 Å². The first kappa shape index (κ1) is 14.6. The van der Waals surface area contributed by atoms with E-state index in [0.717, 1.165) is 30.7 Å². The quantitative estimate of drug-likeness (QED) is 0.776. The van der Waals surface area contributed by atoms with Crippen molar-refractivity contribution in [1.82, 2.24) is 10.6 Å². The number of hydrogen-bond donors (Lipinski definition) is 2. The number of hydrogen-bond acceptors (Lipinski definition) is 3. The van der Waals surface area contributed by atoms with E-state index in [9.17, 15) is 0 Å². The van der Waals surface area contributed by atoms with Crippen molar-refractivity contribution in [3.8, 4) is 0 Å². The molecule has 0 bridgehead atoms. The van der Waals surface area contributed by atoms with E-state index in [4.69, 9.17) is 4.42 Å². The van der Waals surface area contributed by atoms with Crippen LogP contribution in [0.5, 0.6) is 0 Å². The molecule has 1 aromatic heterocycles. The molecule has 3 heteroatoms. The summed E-state index contributed by atoms with van der Waals surface area (Å²) in [7, 11) is 0. The van der Waals surface area contributed by atoms with Gasteiger partial charge in [-0.25, -0.2) is 0 Å². The molecule has 1 atom stereocenters. The average molecular weight is 264 g/mol. The fourth-order valence-electron chi connectivity index (χ4n) is 2.73. The highest BCUT2D eigenvalue weighted by Gasteiger charge is 2.23. The molecule has 19 heavy (non-hydrogen) atoms. The molecular weight excluding hydrogens is 236 g/mol. The summed E-state index contributed by atoms with van der Waals surface area (Å²) in [5.41, 5.74) is 0.0637. The van der Waals surface area contributed by atoms with Crippen molar-refractivity contribution in [2.45, 2.75) is 57.9 Å². The monoisotopic (exact) mass is 264 g/mol. The van der Waals surface area contributed by atoms with Crippen LogP contribution in [-0.2, 0) is 5.41 Å². The topological polar surface area (TPSA) is 37.2 Å². The summed E-state index contributed by atoms with van der Waals surface area (Å²) < 4.78 is 5.74. The van der Waals surface area contributed by atoms with Crippen LogP contribution < -0.4 is 10.6 Å². The van der Waals surface area contributed by atoms with Crippen LogP contribution in [0.25, 0.3) is 0 Å². The van der Waals surface area contributed by atoms with Crippen LogP contribution in [0.3, 0.4) is 0 Å². The van der Waals surface area contributed by atoms with Gasteiger partial charge in [0, 0.05) is 18.0 Å². The molecule has 0 aromatic carbocycles. The van der Waals surface area contributed by atoms with Gasteiger partial charge >= 0.3 is 0 Å². The maximum absolute atomic E-state index is 5.74. The zero-order valence-corrected chi connectivity index (χ0v) is 12.6. The van der Waals surface area contributed by atoms with E-state index in [2.05, 4.69) is 30.5 Å². The van der Waals surface area contributed by atoms with Crippen LogP contribution in [-0.4, -0.2) is 25.7 Å². The Balaban J connectivity index is 1.69. The molecule has 0 aliphatic carbocycles. The lowest BCUT2D eigenvalue weighted by molar-refractivity contribution is 0.341. The lowest BCUT2D eigenvalue weighted by Gasteiger charge is -2.26. The van der Waals surface area contributed by atoms with Gasteiger partial charge in [-0.15, -0.1) is 0 Å². The van der Waals surface area contributed by atoms with Gasteiger partial charge in [0.05, 0.1) is 0 Å². The van der Waals surface area contributed by atoms with E-state index in [1.54, 1.807) is 0 Å². The molecular formula is C16H28N2O. The summed E-state index contributed by atoms with van der Waals surface area (Å²) in [4.78, 5) is 0. The van der Waals surface area contributed by atoms with E-state index in [1.165, 1.54) is 32.2 Å². The standard InChI is InChI=1S/C16H28N2O/c1-13-7-8-15(19-13)16(2,3)12-17-11-9-14-6-4-5-10-18-14/h7-8,14,17-18H,4-6,9-12H2,1-3H3. The van der Waals surface area contributed by atoms with Crippen LogP contribution in [0, 0.1) is 6.92 Å². The molecule has 2 N–H and O–H groups in total. The Morgan fingerprint density at radius 1 is 1.37 bits per heavy atom. The Labute approximate surface area is 117 Å². The van der Waals surface area contributed by atoms with Gasteiger partial charge in [-0.3, -0.25) is 0 Å². The van der Waals surface area contributed by atoms with Gasteiger partial charge in [0.15, 0.2) is 0 Å². The minimum absolute atomic E-state index is 0.0637. The van der Waals surface area contributed by atoms with Gasteiger partial charge in [0.2, 0.25) is 0 Å². The van der Waals surface area contributed by atoms with E-state index >= 15 is 0 Å². The first-order valence-corrected chi connectivity index (χ1v) is 7.59. The summed E-state index contributed by atoms with van der Waals surface area (Å²) in [6.07, 6.45) is 5.29. The third kappa shape index (κ3) is 4.36. The molecule has 3 nitrogen and oxygen atoms in total. The highest BCUT2D eigenvalue weighted by molar-refractivity contribution is 5.15. The van der Waals surface area contributed by atoms with E-state index < -0.39 is 0 Å². The molecule has 1 aliphatic rings. The third-order valence-corrected chi connectivity index (χ3v) is 4.06. The van der Waals surface area contributed by atoms with Crippen LogP contribution in [0.15, 0.2) is 16.5 Å². The summed E-state index contributed by atoms with van der Waals surface area (Å²) in [6, 6.07) is 4.86. The first-order chi connectivity index (χ1) is 9.08. The minimum Gasteiger partial charge on any atom is -0.466 e. The Morgan fingerprint density at radius 2 is 2.21 bits per heavy atom. The number of furan rings is 1. The summed E-state index contributed by atoms with van der Waals surface area (Å²) in [6.45, 7) is 9.71. The first-order valence-electron chi connectivity index (χ1n) is 7.59. The van der Waals surface area contributed by atoms with Gasteiger partial charge in [0.1, 0.15) is 11.5 Å². The van der Waals surface area contributed by atoms with Gasteiger partial charge in [-0.05, 0) is 51.4 Å².